The molecule has 96 valence electrons. The number of aliphatic hydroxyl groups excluding tert-OH is 1. The number of carboxylic acids is 1. The van der Waals surface area contributed by atoms with E-state index in [0.717, 1.165) is 0 Å². The Kier molecular flexibility index (Phi) is 6.49. The Morgan fingerprint density at radius 2 is 2.00 bits per heavy atom. The molecule has 7 nitrogen and oxygen atoms in total. The predicted octanol–water partition coefficient (Wildman–Crippen LogP) is -1.22. The van der Waals surface area contributed by atoms with Gasteiger partial charge in [0.05, 0.1) is 18.5 Å². The first kappa shape index (κ1) is 15.3. The Labute approximate surface area is 94.5 Å². The van der Waals surface area contributed by atoms with Crippen LogP contribution in [0.15, 0.2) is 0 Å². The minimum absolute atomic E-state index is 0.0240. The van der Waals surface area contributed by atoms with E-state index in [2.05, 4.69) is 0 Å². The Hall–Kier alpha value is -0.700. The van der Waals surface area contributed by atoms with Gasteiger partial charge in [-0.25, -0.2) is 17.9 Å². The fraction of sp³-hybridized carbons (Fsp3) is 0.875. The second-order valence-electron chi connectivity index (χ2n) is 3.44. The third kappa shape index (κ3) is 7.57. The largest absolute Gasteiger partial charge is 0.479 e. The van der Waals surface area contributed by atoms with Gasteiger partial charge in [0.15, 0.2) is 6.10 Å². The van der Waals surface area contributed by atoms with Crippen LogP contribution in [0.4, 0.5) is 0 Å². The number of carbonyl (C=O) groups is 1. The van der Waals surface area contributed by atoms with Gasteiger partial charge in [-0.3, -0.25) is 0 Å². The van der Waals surface area contributed by atoms with Crippen molar-refractivity contribution in [3.63, 3.8) is 0 Å². The first-order valence-corrected chi connectivity index (χ1v) is 6.39. The Balaban J connectivity index is 3.92. The van der Waals surface area contributed by atoms with E-state index in [-0.39, 0.29) is 18.5 Å². The Morgan fingerprint density at radius 1 is 1.44 bits per heavy atom. The molecule has 1 unspecified atom stereocenters. The fourth-order valence-electron chi connectivity index (χ4n) is 0.759. The highest BCUT2D eigenvalue weighted by atomic mass is 32.2. The molecule has 0 aliphatic rings. The molecule has 0 aliphatic heterocycles. The summed E-state index contributed by atoms with van der Waals surface area (Å²) >= 11 is 0. The van der Waals surface area contributed by atoms with Crippen LogP contribution in [-0.2, 0) is 19.6 Å². The number of rotatable bonds is 8. The third-order valence-corrected chi connectivity index (χ3v) is 2.90. The number of hydrogen-bond acceptors (Lipinski definition) is 5. The van der Waals surface area contributed by atoms with Gasteiger partial charge < -0.3 is 14.9 Å². The van der Waals surface area contributed by atoms with E-state index >= 15 is 0 Å². The first-order valence-electron chi connectivity index (χ1n) is 4.74. The summed E-state index contributed by atoms with van der Waals surface area (Å²) in [6, 6.07) is 0. The number of aliphatic carboxylic acids is 1. The zero-order valence-electron chi connectivity index (χ0n) is 9.21. The molecule has 8 heteroatoms. The summed E-state index contributed by atoms with van der Waals surface area (Å²) in [4.78, 5) is 10.2. The maximum Gasteiger partial charge on any atom is 0.333 e. The molecule has 0 bridgehead atoms. The molecule has 0 saturated heterocycles. The van der Waals surface area contributed by atoms with Crippen LogP contribution in [0.1, 0.15) is 13.8 Å². The van der Waals surface area contributed by atoms with Crippen LogP contribution < -0.4 is 4.72 Å². The standard InChI is InChI=1S/C8H17NO6S/c1-6(2)15-3-4-16(13,14)9-5-7(10)8(11)12/h6-7,9-10H,3-5H2,1-2H3,(H,11,12). The molecule has 0 spiro atoms. The van der Waals surface area contributed by atoms with Crippen LogP contribution in [0, 0.1) is 0 Å². The van der Waals surface area contributed by atoms with Gasteiger partial charge in [0, 0.05) is 6.54 Å². The van der Waals surface area contributed by atoms with Gasteiger partial charge in [0.2, 0.25) is 10.0 Å². The number of ether oxygens (including phenoxy) is 1. The zero-order chi connectivity index (χ0) is 12.8. The van der Waals surface area contributed by atoms with Gasteiger partial charge in [-0.2, -0.15) is 0 Å². The summed E-state index contributed by atoms with van der Waals surface area (Å²) in [5.41, 5.74) is 0. The molecule has 0 heterocycles. The number of sulfonamides is 1. The second kappa shape index (κ2) is 6.79. The molecular weight excluding hydrogens is 238 g/mol. The highest BCUT2D eigenvalue weighted by Gasteiger charge is 2.17. The average molecular weight is 255 g/mol. The monoisotopic (exact) mass is 255 g/mol. The van der Waals surface area contributed by atoms with Crippen molar-refractivity contribution in [2.24, 2.45) is 0 Å². The van der Waals surface area contributed by atoms with E-state index in [1.165, 1.54) is 0 Å². The molecule has 0 aromatic rings. The van der Waals surface area contributed by atoms with Crippen LogP contribution in [0.3, 0.4) is 0 Å². The number of carboxylic acid groups (broad SMARTS) is 1. The van der Waals surface area contributed by atoms with Crippen LogP contribution in [-0.4, -0.2) is 55.7 Å². The SMILES string of the molecule is CC(C)OCCS(=O)(=O)NCC(O)C(=O)O. The van der Waals surface area contributed by atoms with Gasteiger partial charge >= 0.3 is 5.97 Å². The zero-order valence-corrected chi connectivity index (χ0v) is 10.0. The summed E-state index contributed by atoms with van der Waals surface area (Å²) in [6.07, 6.45) is -1.80. The molecule has 3 N–H and O–H groups in total. The van der Waals surface area contributed by atoms with Crippen LogP contribution >= 0.6 is 0 Å². The summed E-state index contributed by atoms with van der Waals surface area (Å²) in [5, 5.41) is 17.2. The molecule has 0 aromatic heterocycles. The van der Waals surface area contributed by atoms with E-state index in [9.17, 15) is 13.2 Å². The second-order valence-corrected chi connectivity index (χ2v) is 5.37. The lowest BCUT2D eigenvalue weighted by Gasteiger charge is -2.10. The predicted molar refractivity (Wildman–Crippen MR) is 56.5 cm³/mol. The third-order valence-electron chi connectivity index (χ3n) is 1.58. The normalized spacial score (nSPS) is 14.0. The smallest absolute Gasteiger partial charge is 0.333 e. The van der Waals surface area contributed by atoms with Crippen molar-refractivity contribution in [3.8, 4) is 0 Å². The summed E-state index contributed by atoms with van der Waals surface area (Å²) in [6.45, 7) is 3.03. The van der Waals surface area contributed by atoms with Gasteiger partial charge in [0.1, 0.15) is 0 Å². The van der Waals surface area contributed by atoms with Crippen molar-refractivity contribution in [3.05, 3.63) is 0 Å². The van der Waals surface area contributed by atoms with Crippen LogP contribution in [0.2, 0.25) is 0 Å². The molecule has 1 atom stereocenters. The molecule has 0 rings (SSSR count). The molecule has 0 saturated carbocycles. The summed E-state index contributed by atoms with van der Waals surface area (Å²) < 4.78 is 29.5. The molecule has 0 amide bonds. The van der Waals surface area contributed by atoms with Crippen LogP contribution in [0.25, 0.3) is 0 Å². The number of aliphatic hydroxyl groups is 1. The molecular formula is C8H17NO6S. The minimum atomic E-state index is -3.60. The highest BCUT2D eigenvalue weighted by Crippen LogP contribution is 1.91. The van der Waals surface area contributed by atoms with Gasteiger partial charge in [-0.05, 0) is 13.8 Å². The number of hydrogen-bond donors (Lipinski definition) is 3. The lowest BCUT2D eigenvalue weighted by atomic mass is 10.4. The average Bonchev–Trinajstić information content (AvgIpc) is 2.13. The fourth-order valence-corrected chi connectivity index (χ4v) is 1.63. The van der Waals surface area contributed by atoms with Crippen LogP contribution in [0.5, 0.6) is 0 Å². The van der Waals surface area contributed by atoms with Crippen molar-refractivity contribution in [2.45, 2.75) is 26.1 Å². The molecule has 0 aromatic carbocycles. The quantitative estimate of drug-likeness (QED) is 0.501. The van der Waals surface area contributed by atoms with Crippen molar-refractivity contribution in [1.29, 1.82) is 0 Å². The molecule has 16 heavy (non-hydrogen) atoms. The summed E-state index contributed by atoms with van der Waals surface area (Å²) in [5.74, 6) is -1.74. The Bertz CT molecular complexity index is 312. The summed E-state index contributed by atoms with van der Waals surface area (Å²) in [7, 11) is -3.60. The van der Waals surface area contributed by atoms with E-state index in [4.69, 9.17) is 14.9 Å². The maximum absolute atomic E-state index is 11.2. The first-order chi connectivity index (χ1) is 7.24. The van der Waals surface area contributed by atoms with E-state index < -0.39 is 28.6 Å². The topological polar surface area (TPSA) is 113 Å². The van der Waals surface area contributed by atoms with Gasteiger partial charge in [-0.15, -0.1) is 0 Å². The van der Waals surface area contributed by atoms with E-state index in [0.29, 0.717) is 0 Å². The van der Waals surface area contributed by atoms with Crippen molar-refractivity contribution in [1.82, 2.24) is 4.72 Å². The Morgan fingerprint density at radius 3 is 2.44 bits per heavy atom. The maximum atomic E-state index is 11.2. The van der Waals surface area contributed by atoms with Crippen molar-refractivity contribution in [2.75, 3.05) is 18.9 Å². The van der Waals surface area contributed by atoms with Crippen molar-refractivity contribution >= 4 is 16.0 Å². The molecule has 0 radical (unpaired) electrons. The lowest BCUT2D eigenvalue weighted by Crippen LogP contribution is -2.38. The van der Waals surface area contributed by atoms with Crippen molar-refractivity contribution < 1.29 is 28.2 Å². The minimum Gasteiger partial charge on any atom is -0.479 e. The lowest BCUT2D eigenvalue weighted by molar-refractivity contribution is -0.146. The van der Waals surface area contributed by atoms with Gasteiger partial charge in [0.25, 0.3) is 0 Å². The van der Waals surface area contributed by atoms with E-state index in [1.54, 1.807) is 13.8 Å². The molecule has 0 aliphatic carbocycles. The highest BCUT2D eigenvalue weighted by molar-refractivity contribution is 7.89. The molecule has 0 fully saturated rings. The van der Waals surface area contributed by atoms with Gasteiger partial charge in [-0.1, -0.05) is 0 Å². The number of nitrogens with one attached hydrogen (secondary N) is 1. The van der Waals surface area contributed by atoms with E-state index in [1.807, 2.05) is 4.72 Å².